The average molecular weight is 372 g/mol. The zero-order chi connectivity index (χ0) is 20.0. The molecule has 2 aromatic rings. The van der Waals surface area contributed by atoms with Gasteiger partial charge in [-0.3, -0.25) is 9.59 Å². The van der Waals surface area contributed by atoms with E-state index in [1.165, 1.54) is 14.0 Å². The number of carbonyl (C=O) groups is 2. The number of ether oxygens (including phenoxy) is 3. The smallest absolute Gasteiger partial charge is 0.253 e. The number of nitrogens with one attached hydrogen (secondary N) is 1. The van der Waals surface area contributed by atoms with Crippen LogP contribution in [0.15, 0.2) is 36.4 Å². The van der Waals surface area contributed by atoms with Gasteiger partial charge in [0.25, 0.3) is 5.91 Å². The Balaban J connectivity index is 2.25. The summed E-state index contributed by atoms with van der Waals surface area (Å²) in [7, 11) is 6.32. The molecule has 2 amide bonds. The number of nitrogens with zero attached hydrogens (tertiary/aromatic N) is 1. The minimum atomic E-state index is -0.192. The van der Waals surface area contributed by atoms with E-state index < -0.39 is 0 Å². The van der Waals surface area contributed by atoms with Gasteiger partial charge in [-0.05, 0) is 30.3 Å². The molecule has 0 fully saturated rings. The Labute approximate surface area is 158 Å². The van der Waals surface area contributed by atoms with Crippen LogP contribution in [0.5, 0.6) is 17.2 Å². The second-order valence-electron chi connectivity index (χ2n) is 5.92. The molecule has 2 aromatic carbocycles. The van der Waals surface area contributed by atoms with Crippen molar-refractivity contribution in [3.63, 3.8) is 0 Å². The number of hydrogen-bond donors (Lipinski definition) is 1. The average Bonchev–Trinajstić information content (AvgIpc) is 2.66. The fourth-order valence-electron chi connectivity index (χ4n) is 2.77. The van der Waals surface area contributed by atoms with Crippen molar-refractivity contribution < 1.29 is 23.8 Å². The lowest BCUT2D eigenvalue weighted by atomic mass is 10.1. The molecule has 1 N–H and O–H groups in total. The van der Waals surface area contributed by atoms with E-state index in [-0.39, 0.29) is 11.8 Å². The van der Waals surface area contributed by atoms with Crippen LogP contribution in [0.4, 0.5) is 5.69 Å². The number of benzene rings is 2. The Kier molecular flexibility index (Phi) is 6.65. The zero-order valence-electron chi connectivity index (χ0n) is 16.2. The van der Waals surface area contributed by atoms with E-state index in [2.05, 4.69) is 5.32 Å². The molecule has 0 unspecified atom stereocenters. The van der Waals surface area contributed by atoms with E-state index in [1.807, 2.05) is 6.07 Å². The number of hydrogen-bond acceptors (Lipinski definition) is 5. The third kappa shape index (κ3) is 4.69. The lowest BCUT2D eigenvalue weighted by Crippen LogP contribution is -2.26. The van der Waals surface area contributed by atoms with Crippen molar-refractivity contribution in [1.82, 2.24) is 4.90 Å². The first-order chi connectivity index (χ1) is 12.9. The topological polar surface area (TPSA) is 77.1 Å². The van der Waals surface area contributed by atoms with Crippen LogP contribution >= 0.6 is 0 Å². The van der Waals surface area contributed by atoms with Crippen LogP contribution < -0.4 is 19.5 Å². The predicted octanol–water partition coefficient (Wildman–Crippen LogP) is 2.94. The lowest BCUT2D eigenvalue weighted by Gasteiger charge is -2.21. The van der Waals surface area contributed by atoms with E-state index in [9.17, 15) is 9.59 Å². The molecule has 27 heavy (non-hydrogen) atoms. The summed E-state index contributed by atoms with van der Waals surface area (Å²) in [5.41, 5.74) is 1.83. The third-order valence-corrected chi connectivity index (χ3v) is 3.97. The van der Waals surface area contributed by atoms with Crippen molar-refractivity contribution in [3.05, 3.63) is 47.5 Å². The van der Waals surface area contributed by atoms with Gasteiger partial charge >= 0.3 is 0 Å². The van der Waals surface area contributed by atoms with Crippen LogP contribution in [-0.2, 0) is 11.3 Å². The van der Waals surface area contributed by atoms with Crippen molar-refractivity contribution in [3.8, 4) is 17.2 Å². The molecule has 0 saturated heterocycles. The highest BCUT2D eigenvalue weighted by Crippen LogP contribution is 2.40. The quantitative estimate of drug-likeness (QED) is 0.809. The summed E-state index contributed by atoms with van der Waals surface area (Å²) in [6, 6.07) is 10.4. The molecule has 0 bridgehead atoms. The Hall–Kier alpha value is -3.22. The van der Waals surface area contributed by atoms with Crippen LogP contribution in [0.3, 0.4) is 0 Å². The fourth-order valence-corrected chi connectivity index (χ4v) is 2.77. The fraction of sp³-hybridized carbons (Fsp3) is 0.300. The summed E-state index contributed by atoms with van der Waals surface area (Å²) in [6.07, 6.45) is 0. The van der Waals surface area contributed by atoms with Gasteiger partial charge in [-0.1, -0.05) is 6.07 Å². The highest BCUT2D eigenvalue weighted by molar-refractivity contribution is 5.96. The molecule has 7 nitrogen and oxygen atoms in total. The number of anilines is 1. The largest absolute Gasteiger partial charge is 0.493 e. The standard InChI is InChI=1S/C20H24N2O5/c1-13(23)21-16-8-6-7-14(11-16)20(24)22(2)12-15-9-10-17(25-3)19(27-5)18(15)26-4/h6-11H,12H2,1-5H3,(H,21,23). The Bertz CT molecular complexity index is 835. The second kappa shape index (κ2) is 8.93. The molecule has 0 heterocycles. The van der Waals surface area contributed by atoms with Crippen LogP contribution in [0.1, 0.15) is 22.8 Å². The molecule has 0 radical (unpaired) electrons. The molecule has 0 aliphatic carbocycles. The summed E-state index contributed by atoms with van der Waals surface area (Å²) in [6.45, 7) is 1.73. The molecular formula is C20H24N2O5. The summed E-state index contributed by atoms with van der Waals surface area (Å²) < 4.78 is 16.1. The Morgan fingerprint density at radius 3 is 2.30 bits per heavy atom. The molecule has 144 valence electrons. The first-order valence-electron chi connectivity index (χ1n) is 8.32. The zero-order valence-corrected chi connectivity index (χ0v) is 16.2. The molecule has 0 aromatic heterocycles. The maximum absolute atomic E-state index is 12.8. The number of amides is 2. The van der Waals surface area contributed by atoms with Gasteiger partial charge in [0.15, 0.2) is 11.5 Å². The normalized spacial score (nSPS) is 10.1. The van der Waals surface area contributed by atoms with Crippen LogP contribution in [0, 0.1) is 0 Å². The molecule has 7 heteroatoms. The molecule has 0 atom stereocenters. The van der Waals surface area contributed by atoms with Crippen molar-refractivity contribution >= 4 is 17.5 Å². The summed E-state index contributed by atoms with van der Waals surface area (Å²) in [5.74, 6) is 1.17. The maximum Gasteiger partial charge on any atom is 0.253 e. The highest BCUT2D eigenvalue weighted by atomic mass is 16.5. The summed E-state index contributed by atoms with van der Waals surface area (Å²) in [4.78, 5) is 25.6. The maximum atomic E-state index is 12.8. The molecule has 0 saturated carbocycles. The van der Waals surface area contributed by atoms with Gasteiger partial charge in [0.05, 0.1) is 21.3 Å². The van der Waals surface area contributed by atoms with Gasteiger partial charge in [0, 0.05) is 37.3 Å². The number of carbonyl (C=O) groups excluding carboxylic acids is 2. The lowest BCUT2D eigenvalue weighted by molar-refractivity contribution is -0.114. The molecular weight excluding hydrogens is 348 g/mol. The second-order valence-corrected chi connectivity index (χ2v) is 5.92. The van der Waals surface area contributed by atoms with Crippen molar-refractivity contribution in [1.29, 1.82) is 0 Å². The van der Waals surface area contributed by atoms with E-state index in [0.29, 0.717) is 35.0 Å². The summed E-state index contributed by atoms with van der Waals surface area (Å²) in [5, 5.41) is 2.67. The summed E-state index contributed by atoms with van der Waals surface area (Å²) >= 11 is 0. The molecule has 0 aliphatic heterocycles. The third-order valence-electron chi connectivity index (χ3n) is 3.97. The van der Waals surface area contributed by atoms with Crippen LogP contribution in [0.25, 0.3) is 0 Å². The van der Waals surface area contributed by atoms with E-state index in [4.69, 9.17) is 14.2 Å². The Morgan fingerprint density at radius 2 is 1.70 bits per heavy atom. The van der Waals surface area contributed by atoms with Crippen LogP contribution in [0.2, 0.25) is 0 Å². The first kappa shape index (κ1) is 20.1. The monoisotopic (exact) mass is 372 g/mol. The van der Waals surface area contributed by atoms with E-state index in [0.717, 1.165) is 5.56 Å². The van der Waals surface area contributed by atoms with Gasteiger partial charge in [0.2, 0.25) is 11.7 Å². The predicted molar refractivity (Wildman–Crippen MR) is 103 cm³/mol. The van der Waals surface area contributed by atoms with E-state index >= 15 is 0 Å². The van der Waals surface area contributed by atoms with Crippen molar-refractivity contribution in [2.75, 3.05) is 33.7 Å². The van der Waals surface area contributed by atoms with Crippen molar-refractivity contribution in [2.24, 2.45) is 0 Å². The number of methoxy groups -OCH3 is 3. The van der Waals surface area contributed by atoms with Crippen molar-refractivity contribution in [2.45, 2.75) is 13.5 Å². The van der Waals surface area contributed by atoms with E-state index in [1.54, 1.807) is 56.5 Å². The van der Waals surface area contributed by atoms with Gasteiger partial charge in [-0.2, -0.15) is 0 Å². The first-order valence-corrected chi connectivity index (χ1v) is 8.32. The highest BCUT2D eigenvalue weighted by Gasteiger charge is 2.19. The van der Waals surface area contributed by atoms with Gasteiger partial charge < -0.3 is 24.4 Å². The van der Waals surface area contributed by atoms with Gasteiger partial charge in [0.1, 0.15) is 0 Å². The number of rotatable bonds is 7. The molecule has 2 rings (SSSR count). The SMILES string of the molecule is COc1ccc(CN(C)C(=O)c2cccc(NC(C)=O)c2)c(OC)c1OC. The minimum absolute atomic E-state index is 0.181. The minimum Gasteiger partial charge on any atom is -0.493 e. The van der Waals surface area contributed by atoms with Crippen LogP contribution in [-0.4, -0.2) is 45.1 Å². The van der Waals surface area contributed by atoms with Gasteiger partial charge in [-0.25, -0.2) is 0 Å². The molecule has 0 spiro atoms. The van der Waals surface area contributed by atoms with Gasteiger partial charge in [-0.15, -0.1) is 0 Å². The molecule has 0 aliphatic rings. The Morgan fingerprint density at radius 1 is 1.00 bits per heavy atom.